The minimum atomic E-state index is -0.739. The van der Waals surface area contributed by atoms with Gasteiger partial charge in [-0.25, -0.2) is 9.78 Å². The Morgan fingerprint density at radius 3 is 2.75 bits per heavy atom. The van der Waals surface area contributed by atoms with Gasteiger partial charge in [0.2, 0.25) is 11.9 Å². The molecule has 150 valence electrons. The van der Waals surface area contributed by atoms with E-state index in [1.807, 2.05) is 19.9 Å². The van der Waals surface area contributed by atoms with Crippen LogP contribution in [0.4, 0.5) is 11.1 Å². The third kappa shape index (κ3) is 5.20. The molecule has 2 aromatic heterocycles. The molecule has 0 bridgehead atoms. The van der Waals surface area contributed by atoms with Crippen molar-refractivity contribution in [1.82, 2.24) is 19.7 Å². The van der Waals surface area contributed by atoms with Crippen molar-refractivity contribution in [3.05, 3.63) is 10.6 Å². The van der Waals surface area contributed by atoms with Crippen LogP contribution in [0, 0.1) is 24.2 Å². The van der Waals surface area contributed by atoms with Crippen LogP contribution >= 0.6 is 23.1 Å². The number of nitrogen functional groups attached to an aromatic ring is 1. The van der Waals surface area contributed by atoms with Gasteiger partial charge in [-0.05, 0) is 19.8 Å². The molecule has 0 aliphatic carbocycles. The number of hydrogen-bond donors (Lipinski definition) is 2. The fraction of sp³-hybridized carbons (Fsp3) is 0.500. The van der Waals surface area contributed by atoms with Crippen molar-refractivity contribution in [3.63, 3.8) is 0 Å². The average molecular weight is 424 g/mol. The monoisotopic (exact) mass is 423 g/mol. The van der Waals surface area contributed by atoms with Crippen LogP contribution in [0.1, 0.15) is 42.2 Å². The molecule has 1 unspecified atom stereocenters. The lowest BCUT2D eigenvalue weighted by Gasteiger charge is -2.15. The molecular formula is C16H21N7O3S2. The molecule has 3 N–H and O–H groups in total. The number of aryl methyl sites for hydroxylation is 1. The highest BCUT2D eigenvalue weighted by molar-refractivity contribution is 7.99. The van der Waals surface area contributed by atoms with E-state index < -0.39 is 17.9 Å². The number of ether oxygens (including phenoxy) is 1. The maximum absolute atomic E-state index is 12.6. The number of nitriles is 1. The van der Waals surface area contributed by atoms with Crippen LogP contribution in [-0.4, -0.2) is 44.0 Å². The molecule has 2 aromatic rings. The maximum atomic E-state index is 12.6. The highest BCUT2D eigenvalue weighted by Crippen LogP contribution is 2.26. The van der Waals surface area contributed by atoms with E-state index in [-0.39, 0.29) is 22.8 Å². The van der Waals surface area contributed by atoms with Gasteiger partial charge >= 0.3 is 5.97 Å². The highest BCUT2D eigenvalue weighted by Gasteiger charge is 2.24. The van der Waals surface area contributed by atoms with Gasteiger partial charge < -0.3 is 15.8 Å². The molecule has 28 heavy (non-hydrogen) atoms. The van der Waals surface area contributed by atoms with Crippen molar-refractivity contribution in [1.29, 1.82) is 5.26 Å². The van der Waals surface area contributed by atoms with Crippen LogP contribution in [0.25, 0.3) is 0 Å². The Labute approximate surface area is 170 Å². The smallest absolute Gasteiger partial charge is 0.350 e. The predicted octanol–water partition coefficient (Wildman–Crippen LogP) is 2.25. The minimum Gasteiger partial charge on any atom is -0.461 e. The van der Waals surface area contributed by atoms with Gasteiger partial charge in [-0.2, -0.15) is 5.26 Å². The maximum Gasteiger partial charge on any atom is 0.350 e. The SMILES string of the molecule is Cc1nc(NC(=O)C(C)n2c(N)nnc2SCC#N)sc1C(=O)OCC(C)C. The number of esters is 1. The Balaban J connectivity index is 2.11. The molecule has 1 amide bonds. The lowest BCUT2D eigenvalue weighted by atomic mass is 10.2. The van der Waals surface area contributed by atoms with E-state index in [4.69, 9.17) is 15.7 Å². The molecule has 0 spiro atoms. The summed E-state index contributed by atoms with van der Waals surface area (Å²) in [6.07, 6.45) is 0. The standard InChI is InChI=1S/C16H21N7O3S2/c1-8(2)7-26-13(25)11-9(3)19-15(28-11)20-12(24)10(4)23-14(18)21-22-16(23)27-6-5-17/h8,10H,6-7H2,1-4H3,(H2,18,21)(H,19,20,24). The summed E-state index contributed by atoms with van der Waals surface area (Å²) < 4.78 is 6.66. The van der Waals surface area contributed by atoms with E-state index in [1.54, 1.807) is 13.8 Å². The molecule has 1 atom stereocenters. The lowest BCUT2D eigenvalue weighted by Crippen LogP contribution is -2.25. The summed E-state index contributed by atoms with van der Waals surface area (Å²) in [5.74, 6) is -0.424. The van der Waals surface area contributed by atoms with Gasteiger partial charge in [-0.3, -0.25) is 9.36 Å². The Bertz CT molecular complexity index is 901. The Hall–Kier alpha value is -2.65. The second-order valence-electron chi connectivity index (χ2n) is 6.25. The number of amides is 1. The molecular weight excluding hydrogens is 402 g/mol. The molecule has 2 heterocycles. The summed E-state index contributed by atoms with van der Waals surface area (Å²) in [6.45, 7) is 7.50. The third-order valence-electron chi connectivity index (χ3n) is 3.48. The van der Waals surface area contributed by atoms with Crippen LogP contribution in [0.3, 0.4) is 0 Å². The largest absolute Gasteiger partial charge is 0.461 e. The molecule has 2 rings (SSSR count). The molecule has 0 aliphatic heterocycles. The summed E-state index contributed by atoms with van der Waals surface area (Å²) in [6, 6.07) is 1.25. The van der Waals surface area contributed by atoms with E-state index in [1.165, 1.54) is 4.57 Å². The second kappa shape index (κ2) is 9.52. The van der Waals surface area contributed by atoms with Gasteiger partial charge in [-0.15, -0.1) is 10.2 Å². The predicted molar refractivity (Wildman–Crippen MR) is 106 cm³/mol. The van der Waals surface area contributed by atoms with Crippen LogP contribution < -0.4 is 11.1 Å². The molecule has 0 radical (unpaired) electrons. The molecule has 0 saturated carbocycles. The fourth-order valence-corrected chi connectivity index (χ4v) is 3.67. The van der Waals surface area contributed by atoms with Crippen molar-refractivity contribution >= 4 is 46.1 Å². The van der Waals surface area contributed by atoms with E-state index in [9.17, 15) is 9.59 Å². The normalized spacial score (nSPS) is 11.9. The van der Waals surface area contributed by atoms with Crippen molar-refractivity contribution in [3.8, 4) is 6.07 Å². The van der Waals surface area contributed by atoms with E-state index in [0.29, 0.717) is 22.3 Å². The molecule has 0 saturated heterocycles. The molecule has 10 nitrogen and oxygen atoms in total. The summed E-state index contributed by atoms with van der Waals surface area (Å²) >= 11 is 2.18. The topological polar surface area (TPSA) is 149 Å². The first-order valence-electron chi connectivity index (χ1n) is 8.40. The second-order valence-corrected chi connectivity index (χ2v) is 8.19. The van der Waals surface area contributed by atoms with Gasteiger partial charge in [0.1, 0.15) is 10.9 Å². The summed E-state index contributed by atoms with van der Waals surface area (Å²) in [7, 11) is 0. The van der Waals surface area contributed by atoms with Crippen LogP contribution in [0.2, 0.25) is 0 Å². The minimum absolute atomic E-state index is 0.0661. The highest BCUT2D eigenvalue weighted by atomic mass is 32.2. The fourth-order valence-electron chi connectivity index (χ4n) is 2.12. The van der Waals surface area contributed by atoms with E-state index in [2.05, 4.69) is 20.5 Å². The number of rotatable bonds is 8. The number of nitrogens with two attached hydrogens (primary N) is 1. The van der Waals surface area contributed by atoms with Crippen molar-refractivity contribution in [2.45, 2.75) is 38.9 Å². The van der Waals surface area contributed by atoms with Crippen molar-refractivity contribution < 1.29 is 14.3 Å². The zero-order valence-electron chi connectivity index (χ0n) is 15.9. The average Bonchev–Trinajstić information content (AvgIpc) is 3.19. The van der Waals surface area contributed by atoms with E-state index in [0.717, 1.165) is 23.1 Å². The first kappa shape index (κ1) is 21.6. The number of nitrogens with zero attached hydrogens (tertiary/aromatic N) is 5. The van der Waals surface area contributed by atoms with Gasteiger partial charge in [0.25, 0.3) is 0 Å². The number of aromatic nitrogens is 4. The van der Waals surface area contributed by atoms with Gasteiger partial charge in [0.15, 0.2) is 10.3 Å². The first-order chi connectivity index (χ1) is 13.2. The van der Waals surface area contributed by atoms with Crippen molar-refractivity contribution in [2.24, 2.45) is 5.92 Å². The molecule has 0 aliphatic rings. The number of anilines is 2. The number of thioether (sulfide) groups is 1. The molecule has 0 fully saturated rings. The number of carbonyl (C=O) groups excluding carboxylic acids is 2. The Morgan fingerprint density at radius 2 is 2.11 bits per heavy atom. The Kier molecular flexibility index (Phi) is 7.36. The number of nitrogens with one attached hydrogen (secondary N) is 1. The van der Waals surface area contributed by atoms with Gasteiger partial charge in [-0.1, -0.05) is 36.9 Å². The summed E-state index contributed by atoms with van der Waals surface area (Å²) in [5, 5.41) is 19.7. The lowest BCUT2D eigenvalue weighted by molar-refractivity contribution is -0.118. The molecule has 12 heteroatoms. The zero-order chi connectivity index (χ0) is 20.8. The zero-order valence-corrected chi connectivity index (χ0v) is 17.6. The van der Waals surface area contributed by atoms with Gasteiger partial charge in [0, 0.05) is 0 Å². The van der Waals surface area contributed by atoms with Crippen LogP contribution in [0.15, 0.2) is 5.16 Å². The van der Waals surface area contributed by atoms with Crippen molar-refractivity contribution in [2.75, 3.05) is 23.4 Å². The number of hydrogen-bond acceptors (Lipinski definition) is 10. The van der Waals surface area contributed by atoms with Gasteiger partial charge in [0.05, 0.1) is 24.1 Å². The summed E-state index contributed by atoms with van der Waals surface area (Å²) in [5.41, 5.74) is 6.29. The Morgan fingerprint density at radius 1 is 1.39 bits per heavy atom. The van der Waals surface area contributed by atoms with Crippen LogP contribution in [0.5, 0.6) is 0 Å². The quantitative estimate of drug-likeness (QED) is 0.481. The summed E-state index contributed by atoms with van der Waals surface area (Å²) in [4.78, 5) is 29.3. The number of carbonyl (C=O) groups is 2. The third-order valence-corrected chi connectivity index (χ3v) is 5.35. The first-order valence-corrected chi connectivity index (χ1v) is 10.2. The van der Waals surface area contributed by atoms with Crippen LogP contribution in [-0.2, 0) is 9.53 Å². The molecule has 0 aromatic carbocycles. The van der Waals surface area contributed by atoms with E-state index >= 15 is 0 Å². The number of thiazole rings is 1.